The molecule has 5 heteroatoms. The topological polar surface area (TPSA) is 44.1 Å². The fourth-order valence-electron chi connectivity index (χ4n) is 1.90. The number of para-hydroxylation sites is 1. The first-order valence-corrected chi connectivity index (χ1v) is 7.11. The van der Waals surface area contributed by atoms with E-state index in [1.165, 1.54) is 17.0 Å². The minimum Gasteiger partial charge on any atom is -0.307 e. The van der Waals surface area contributed by atoms with Gasteiger partial charge < -0.3 is 4.90 Å². The lowest BCUT2D eigenvalue weighted by Crippen LogP contribution is -2.31. The maximum atomic E-state index is 13.6. The molecule has 2 aromatic carbocycles. The van der Waals surface area contributed by atoms with Gasteiger partial charge in [-0.25, -0.2) is 4.39 Å². The number of hydrogen-bond donors (Lipinski definition) is 0. The average molecular weight is 347 g/mol. The molecule has 0 aliphatic carbocycles. The van der Waals surface area contributed by atoms with Crippen LogP contribution >= 0.6 is 15.9 Å². The third-order valence-corrected chi connectivity index (χ3v) is 3.57. The van der Waals surface area contributed by atoms with Crippen LogP contribution in [0.5, 0.6) is 0 Å². The summed E-state index contributed by atoms with van der Waals surface area (Å²) >= 11 is 3.06. The van der Waals surface area contributed by atoms with Crippen molar-refractivity contribution >= 4 is 27.5 Å². The highest BCUT2D eigenvalue weighted by Crippen LogP contribution is 2.21. The number of nitriles is 1. The minimum absolute atomic E-state index is 0.208. The molecule has 3 nitrogen and oxygen atoms in total. The van der Waals surface area contributed by atoms with Gasteiger partial charge in [0, 0.05) is 17.8 Å². The van der Waals surface area contributed by atoms with Crippen molar-refractivity contribution in [3.05, 3.63) is 64.4 Å². The Labute approximate surface area is 130 Å². The molecule has 0 aliphatic heterocycles. The van der Waals surface area contributed by atoms with Crippen LogP contribution in [0.25, 0.3) is 0 Å². The van der Waals surface area contributed by atoms with Crippen molar-refractivity contribution in [2.45, 2.75) is 6.42 Å². The van der Waals surface area contributed by atoms with Gasteiger partial charge in [0.25, 0.3) is 5.91 Å². The van der Waals surface area contributed by atoms with Crippen LogP contribution in [0.4, 0.5) is 10.1 Å². The highest BCUT2D eigenvalue weighted by Gasteiger charge is 2.18. The van der Waals surface area contributed by atoms with E-state index in [9.17, 15) is 9.18 Å². The van der Waals surface area contributed by atoms with Crippen LogP contribution in [0.1, 0.15) is 16.8 Å². The Bertz CT molecular complexity index is 682. The number of rotatable bonds is 4. The first-order chi connectivity index (χ1) is 10.1. The van der Waals surface area contributed by atoms with E-state index in [2.05, 4.69) is 15.9 Å². The molecule has 0 fully saturated rings. The molecule has 21 heavy (non-hydrogen) atoms. The van der Waals surface area contributed by atoms with E-state index in [0.717, 1.165) is 0 Å². The summed E-state index contributed by atoms with van der Waals surface area (Å²) in [5.41, 5.74) is 0.929. The van der Waals surface area contributed by atoms with Gasteiger partial charge in [-0.1, -0.05) is 18.2 Å². The van der Waals surface area contributed by atoms with E-state index >= 15 is 0 Å². The third kappa shape index (κ3) is 3.67. The summed E-state index contributed by atoms with van der Waals surface area (Å²) < 4.78 is 13.9. The second-order valence-corrected chi connectivity index (χ2v) is 5.18. The zero-order chi connectivity index (χ0) is 15.2. The van der Waals surface area contributed by atoms with Gasteiger partial charge in [0.05, 0.1) is 17.0 Å². The molecule has 1 amide bonds. The predicted octanol–water partition coefficient (Wildman–Crippen LogP) is 4.15. The summed E-state index contributed by atoms with van der Waals surface area (Å²) in [7, 11) is 0. The molecule has 0 spiro atoms. The van der Waals surface area contributed by atoms with E-state index in [1.807, 2.05) is 24.3 Å². The molecule has 0 heterocycles. The first-order valence-electron chi connectivity index (χ1n) is 6.32. The minimum atomic E-state index is -0.492. The van der Waals surface area contributed by atoms with Crippen LogP contribution in [-0.4, -0.2) is 12.5 Å². The highest BCUT2D eigenvalue weighted by molar-refractivity contribution is 9.10. The van der Waals surface area contributed by atoms with Crippen LogP contribution < -0.4 is 4.90 Å². The van der Waals surface area contributed by atoms with E-state index in [-0.39, 0.29) is 24.4 Å². The number of anilines is 1. The normalized spacial score (nSPS) is 9.95. The van der Waals surface area contributed by atoms with Crippen LogP contribution in [0, 0.1) is 17.1 Å². The van der Waals surface area contributed by atoms with Gasteiger partial charge in [0.1, 0.15) is 5.82 Å². The summed E-state index contributed by atoms with van der Waals surface area (Å²) in [6.45, 7) is 0.261. The van der Waals surface area contributed by atoms with Crippen molar-refractivity contribution in [3.63, 3.8) is 0 Å². The van der Waals surface area contributed by atoms with Crippen molar-refractivity contribution in [3.8, 4) is 6.07 Å². The van der Waals surface area contributed by atoms with Crippen LogP contribution in [0.3, 0.4) is 0 Å². The SMILES string of the molecule is N#CCCN(C(=O)c1ccc(Br)c(F)c1)c1ccccc1. The molecule has 0 saturated carbocycles. The number of hydrogen-bond acceptors (Lipinski definition) is 2. The lowest BCUT2D eigenvalue weighted by Gasteiger charge is -2.22. The fourth-order valence-corrected chi connectivity index (χ4v) is 2.15. The Kier molecular flexibility index (Phi) is 5.07. The number of halogens is 2. The molecule has 0 unspecified atom stereocenters. The van der Waals surface area contributed by atoms with E-state index in [4.69, 9.17) is 5.26 Å². The van der Waals surface area contributed by atoms with Gasteiger partial charge in [0.2, 0.25) is 0 Å². The monoisotopic (exact) mass is 346 g/mol. The summed E-state index contributed by atoms with van der Waals surface area (Å²) in [6.07, 6.45) is 0.208. The van der Waals surface area contributed by atoms with Gasteiger partial charge in [0.15, 0.2) is 0 Å². The van der Waals surface area contributed by atoms with Crippen LogP contribution in [0.15, 0.2) is 53.0 Å². The Morgan fingerprint density at radius 2 is 1.95 bits per heavy atom. The lowest BCUT2D eigenvalue weighted by atomic mass is 10.1. The van der Waals surface area contributed by atoms with Crippen LogP contribution in [-0.2, 0) is 0 Å². The van der Waals surface area contributed by atoms with Crippen molar-refractivity contribution < 1.29 is 9.18 Å². The predicted molar refractivity (Wildman–Crippen MR) is 82.4 cm³/mol. The molecule has 0 bridgehead atoms. The van der Waals surface area contributed by atoms with Gasteiger partial charge in [-0.3, -0.25) is 4.79 Å². The first kappa shape index (κ1) is 15.2. The largest absolute Gasteiger partial charge is 0.307 e. The van der Waals surface area contributed by atoms with E-state index < -0.39 is 5.82 Å². The standard InChI is InChI=1S/C16H12BrFN2O/c17-14-8-7-12(11-15(14)18)16(21)20(10-4-9-19)13-5-2-1-3-6-13/h1-3,5-8,11H,4,10H2. The van der Waals surface area contributed by atoms with Gasteiger partial charge in [-0.2, -0.15) is 5.26 Å². The zero-order valence-electron chi connectivity index (χ0n) is 11.1. The maximum absolute atomic E-state index is 13.6. The molecule has 0 radical (unpaired) electrons. The third-order valence-electron chi connectivity index (χ3n) is 2.93. The molecular formula is C16H12BrFN2O. The number of benzene rings is 2. The van der Waals surface area contributed by atoms with Gasteiger partial charge >= 0.3 is 0 Å². The number of amides is 1. The summed E-state index contributed by atoms with van der Waals surface area (Å²) in [4.78, 5) is 14.0. The zero-order valence-corrected chi connectivity index (χ0v) is 12.7. The Hall–Kier alpha value is -2.19. The van der Waals surface area contributed by atoms with E-state index in [0.29, 0.717) is 10.2 Å². The molecular weight excluding hydrogens is 335 g/mol. The molecule has 0 saturated heterocycles. The van der Waals surface area contributed by atoms with Crippen molar-refractivity contribution in [1.29, 1.82) is 5.26 Å². The number of carbonyl (C=O) groups is 1. The second-order valence-electron chi connectivity index (χ2n) is 4.33. The Balaban J connectivity index is 2.34. The molecule has 106 valence electrons. The summed E-state index contributed by atoms with van der Waals surface area (Å²) in [5.74, 6) is -0.822. The number of carbonyl (C=O) groups excluding carboxylic acids is 1. The number of nitrogens with zero attached hydrogens (tertiary/aromatic N) is 2. The summed E-state index contributed by atoms with van der Waals surface area (Å²) in [6, 6.07) is 15.3. The molecule has 2 aromatic rings. The quantitative estimate of drug-likeness (QED) is 0.834. The Morgan fingerprint density at radius 3 is 2.57 bits per heavy atom. The molecule has 0 N–H and O–H groups in total. The van der Waals surface area contributed by atoms with Crippen molar-refractivity contribution in [2.75, 3.05) is 11.4 Å². The van der Waals surface area contributed by atoms with Crippen LogP contribution in [0.2, 0.25) is 0 Å². The molecule has 0 aromatic heterocycles. The fraction of sp³-hybridized carbons (Fsp3) is 0.125. The van der Waals surface area contributed by atoms with Crippen molar-refractivity contribution in [2.24, 2.45) is 0 Å². The Morgan fingerprint density at radius 1 is 1.24 bits per heavy atom. The van der Waals surface area contributed by atoms with Gasteiger partial charge in [-0.15, -0.1) is 0 Å². The van der Waals surface area contributed by atoms with Gasteiger partial charge in [-0.05, 0) is 46.3 Å². The molecule has 0 aliphatic rings. The smallest absolute Gasteiger partial charge is 0.258 e. The maximum Gasteiger partial charge on any atom is 0.258 e. The molecule has 2 rings (SSSR count). The van der Waals surface area contributed by atoms with E-state index in [1.54, 1.807) is 18.2 Å². The van der Waals surface area contributed by atoms with Crippen molar-refractivity contribution in [1.82, 2.24) is 0 Å². The second kappa shape index (κ2) is 7.00. The molecule has 0 atom stereocenters. The highest BCUT2D eigenvalue weighted by atomic mass is 79.9. The average Bonchev–Trinajstić information content (AvgIpc) is 2.51. The lowest BCUT2D eigenvalue weighted by molar-refractivity contribution is 0.0987. The summed E-state index contributed by atoms with van der Waals surface area (Å²) in [5, 5.41) is 8.74.